The van der Waals surface area contributed by atoms with Gasteiger partial charge in [-0.2, -0.15) is 0 Å². The molecule has 0 aliphatic heterocycles. The van der Waals surface area contributed by atoms with Crippen LogP contribution in [0.25, 0.3) is 0 Å². The Kier molecular flexibility index (Phi) is 3.18. The van der Waals surface area contributed by atoms with E-state index in [1.807, 2.05) is 0 Å². The molecule has 0 aromatic heterocycles. The normalized spacial score (nSPS) is 11.2. The van der Waals surface area contributed by atoms with E-state index in [1.54, 1.807) is 0 Å². The topological polar surface area (TPSA) is 72.5 Å². The van der Waals surface area contributed by atoms with Crippen molar-refractivity contribution in [2.75, 3.05) is 5.73 Å². The Hall–Kier alpha value is -1.63. The molecule has 88 valence electrons. The lowest BCUT2D eigenvalue weighted by molar-refractivity contribution is -0.274. The van der Waals surface area contributed by atoms with Gasteiger partial charge in [-0.05, 0) is 12.1 Å². The summed E-state index contributed by atoms with van der Waals surface area (Å²) in [7, 11) is 0. The number of hydrogen-bond acceptors (Lipinski definition) is 3. The molecule has 0 saturated heterocycles. The maximum absolute atomic E-state index is 11.9. The van der Waals surface area contributed by atoms with E-state index < -0.39 is 28.7 Å². The first-order valence-corrected chi connectivity index (χ1v) is 4.17. The molecule has 0 bridgehead atoms. The lowest BCUT2D eigenvalue weighted by Crippen LogP contribution is -2.18. The molecule has 0 saturated carbocycles. The number of halogens is 4. The van der Waals surface area contributed by atoms with Gasteiger partial charge in [0, 0.05) is 5.69 Å². The minimum absolute atomic E-state index is 0.243. The zero-order valence-electron chi connectivity index (χ0n) is 7.51. The van der Waals surface area contributed by atoms with E-state index in [2.05, 4.69) is 4.74 Å². The first-order chi connectivity index (χ1) is 7.22. The zero-order valence-corrected chi connectivity index (χ0v) is 8.26. The summed E-state index contributed by atoms with van der Waals surface area (Å²) in [5.41, 5.74) is 4.39. The Balaban J connectivity index is 3.24. The van der Waals surface area contributed by atoms with Gasteiger partial charge in [-0.1, -0.05) is 11.6 Å². The Morgan fingerprint density at radius 2 is 2.00 bits per heavy atom. The Labute approximate surface area is 92.4 Å². The molecule has 0 unspecified atom stereocenters. The van der Waals surface area contributed by atoms with E-state index in [1.165, 1.54) is 0 Å². The molecule has 1 aromatic carbocycles. The second-order valence-electron chi connectivity index (χ2n) is 2.69. The third-order valence-corrected chi connectivity index (χ3v) is 1.95. The summed E-state index contributed by atoms with van der Waals surface area (Å²) >= 11 is 5.43. The van der Waals surface area contributed by atoms with Crippen LogP contribution in [0, 0.1) is 0 Å². The molecule has 0 spiro atoms. The SMILES string of the molecule is Nc1ccc(OC(F)(F)F)c(Cl)c1C(=O)O. The Bertz CT molecular complexity index is 433. The second-order valence-corrected chi connectivity index (χ2v) is 3.07. The van der Waals surface area contributed by atoms with Crippen LogP contribution in [0.15, 0.2) is 12.1 Å². The predicted octanol–water partition coefficient (Wildman–Crippen LogP) is 2.52. The van der Waals surface area contributed by atoms with Crippen molar-refractivity contribution < 1.29 is 27.8 Å². The van der Waals surface area contributed by atoms with Gasteiger partial charge in [-0.25, -0.2) is 4.79 Å². The van der Waals surface area contributed by atoms with Crippen molar-refractivity contribution in [1.82, 2.24) is 0 Å². The second kappa shape index (κ2) is 4.09. The van der Waals surface area contributed by atoms with Gasteiger partial charge in [-0.15, -0.1) is 13.2 Å². The number of anilines is 1. The van der Waals surface area contributed by atoms with Crippen LogP contribution in [-0.4, -0.2) is 17.4 Å². The van der Waals surface area contributed by atoms with Crippen molar-refractivity contribution >= 4 is 23.3 Å². The summed E-state index contributed by atoms with van der Waals surface area (Å²) in [4.78, 5) is 10.7. The van der Waals surface area contributed by atoms with Gasteiger partial charge in [0.25, 0.3) is 0 Å². The van der Waals surface area contributed by atoms with Gasteiger partial charge in [0.05, 0.1) is 5.02 Å². The van der Waals surface area contributed by atoms with E-state index in [4.69, 9.17) is 22.4 Å². The van der Waals surface area contributed by atoms with Crippen LogP contribution in [0.2, 0.25) is 5.02 Å². The average Bonchev–Trinajstić information content (AvgIpc) is 2.07. The molecule has 1 rings (SSSR count). The third-order valence-electron chi connectivity index (χ3n) is 1.58. The summed E-state index contributed by atoms with van der Waals surface area (Å²) in [5.74, 6) is -2.34. The lowest BCUT2D eigenvalue weighted by atomic mass is 10.1. The number of carboxylic acid groups (broad SMARTS) is 1. The molecule has 3 N–H and O–H groups in total. The molecular formula is C8H5ClF3NO3. The number of nitrogens with two attached hydrogens (primary N) is 1. The molecule has 0 radical (unpaired) electrons. The zero-order chi connectivity index (χ0) is 12.5. The highest BCUT2D eigenvalue weighted by molar-refractivity contribution is 6.35. The van der Waals surface area contributed by atoms with Gasteiger partial charge < -0.3 is 15.6 Å². The van der Waals surface area contributed by atoms with Crippen LogP contribution in [-0.2, 0) is 0 Å². The number of aromatic carboxylic acids is 1. The van der Waals surface area contributed by atoms with Crippen LogP contribution < -0.4 is 10.5 Å². The lowest BCUT2D eigenvalue weighted by Gasteiger charge is -2.12. The first kappa shape index (κ1) is 12.4. The van der Waals surface area contributed by atoms with Gasteiger partial charge >= 0.3 is 12.3 Å². The van der Waals surface area contributed by atoms with E-state index in [0.29, 0.717) is 0 Å². The standard InChI is InChI=1S/C8H5ClF3NO3/c9-6-4(16-8(10,11)12)2-1-3(13)5(6)7(14)15/h1-2H,13H2,(H,14,15). The van der Waals surface area contributed by atoms with Gasteiger partial charge in [0.15, 0.2) is 0 Å². The monoisotopic (exact) mass is 255 g/mol. The first-order valence-electron chi connectivity index (χ1n) is 3.79. The number of ether oxygens (including phenoxy) is 1. The summed E-state index contributed by atoms with van der Waals surface area (Å²) in [6.45, 7) is 0. The fourth-order valence-corrected chi connectivity index (χ4v) is 1.28. The number of hydrogen-bond donors (Lipinski definition) is 2. The van der Waals surface area contributed by atoms with E-state index >= 15 is 0 Å². The smallest absolute Gasteiger partial charge is 0.478 e. The number of carboxylic acids is 1. The van der Waals surface area contributed by atoms with Gasteiger partial charge in [0.2, 0.25) is 0 Å². The molecule has 0 fully saturated rings. The molecule has 4 nitrogen and oxygen atoms in total. The summed E-state index contributed by atoms with van der Waals surface area (Å²) < 4.78 is 39.2. The van der Waals surface area contributed by atoms with E-state index in [9.17, 15) is 18.0 Å². The van der Waals surface area contributed by atoms with Crippen LogP contribution in [0.5, 0.6) is 5.75 Å². The Morgan fingerprint density at radius 3 is 2.44 bits per heavy atom. The molecule has 8 heteroatoms. The van der Waals surface area contributed by atoms with Crippen LogP contribution >= 0.6 is 11.6 Å². The maximum Gasteiger partial charge on any atom is 0.573 e. The third kappa shape index (κ3) is 2.69. The van der Waals surface area contributed by atoms with Gasteiger partial charge in [-0.3, -0.25) is 0 Å². The highest BCUT2D eigenvalue weighted by Crippen LogP contribution is 2.35. The summed E-state index contributed by atoms with van der Waals surface area (Å²) in [6, 6.07) is 1.81. The molecular weight excluding hydrogens is 251 g/mol. The average molecular weight is 256 g/mol. The minimum atomic E-state index is -4.95. The van der Waals surface area contributed by atoms with Crippen LogP contribution in [0.4, 0.5) is 18.9 Å². The predicted molar refractivity (Wildman–Crippen MR) is 49.5 cm³/mol. The van der Waals surface area contributed by atoms with Crippen molar-refractivity contribution in [3.05, 3.63) is 22.7 Å². The quantitative estimate of drug-likeness (QED) is 0.797. The summed E-state index contributed by atoms with van der Waals surface area (Å²) in [6.07, 6.45) is -4.95. The molecule has 0 amide bonds. The molecule has 1 aromatic rings. The Morgan fingerprint density at radius 1 is 1.44 bits per heavy atom. The largest absolute Gasteiger partial charge is 0.573 e. The number of nitrogen functional groups attached to an aromatic ring is 1. The molecule has 0 heterocycles. The highest BCUT2D eigenvalue weighted by Gasteiger charge is 2.33. The van der Waals surface area contributed by atoms with Crippen molar-refractivity contribution in [3.63, 3.8) is 0 Å². The highest BCUT2D eigenvalue weighted by atomic mass is 35.5. The van der Waals surface area contributed by atoms with E-state index in [0.717, 1.165) is 12.1 Å². The van der Waals surface area contributed by atoms with Crippen molar-refractivity contribution in [1.29, 1.82) is 0 Å². The number of alkyl halides is 3. The van der Waals surface area contributed by atoms with Crippen molar-refractivity contribution in [2.24, 2.45) is 0 Å². The minimum Gasteiger partial charge on any atom is -0.478 e. The summed E-state index contributed by atoms with van der Waals surface area (Å²) in [5, 5.41) is 7.98. The van der Waals surface area contributed by atoms with Crippen molar-refractivity contribution in [3.8, 4) is 5.75 Å². The molecule has 16 heavy (non-hydrogen) atoms. The number of rotatable bonds is 2. The fraction of sp³-hybridized carbons (Fsp3) is 0.125. The molecule has 0 aliphatic carbocycles. The van der Waals surface area contributed by atoms with Crippen LogP contribution in [0.1, 0.15) is 10.4 Å². The molecule has 0 aliphatic rings. The van der Waals surface area contributed by atoms with E-state index in [-0.39, 0.29) is 5.69 Å². The number of benzene rings is 1. The number of carbonyl (C=O) groups is 1. The van der Waals surface area contributed by atoms with Gasteiger partial charge in [0.1, 0.15) is 11.3 Å². The maximum atomic E-state index is 11.9. The van der Waals surface area contributed by atoms with Crippen molar-refractivity contribution in [2.45, 2.75) is 6.36 Å². The fourth-order valence-electron chi connectivity index (χ4n) is 0.993. The van der Waals surface area contributed by atoms with Crippen LogP contribution in [0.3, 0.4) is 0 Å². The molecule has 0 atom stereocenters.